The SMILES string of the molecule is COc1ccc(Br)cc1S(=O)(=O)CCCN. The molecule has 0 heterocycles. The fraction of sp³-hybridized carbons (Fsp3) is 0.400. The average Bonchev–Trinajstić information content (AvgIpc) is 2.26. The van der Waals surface area contributed by atoms with Crippen LogP contribution in [0, 0.1) is 0 Å². The first-order chi connectivity index (χ1) is 7.51. The molecular formula is C10H14BrNO3S. The molecule has 90 valence electrons. The Labute approximate surface area is 104 Å². The van der Waals surface area contributed by atoms with E-state index < -0.39 is 9.84 Å². The summed E-state index contributed by atoms with van der Waals surface area (Å²) in [6.45, 7) is 0.357. The van der Waals surface area contributed by atoms with E-state index in [4.69, 9.17) is 10.5 Å². The van der Waals surface area contributed by atoms with Gasteiger partial charge in [-0.3, -0.25) is 0 Å². The Morgan fingerprint density at radius 1 is 1.44 bits per heavy atom. The molecule has 0 spiro atoms. The van der Waals surface area contributed by atoms with Crippen LogP contribution in [-0.2, 0) is 9.84 Å². The van der Waals surface area contributed by atoms with E-state index in [1.165, 1.54) is 7.11 Å². The molecule has 0 aliphatic heterocycles. The van der Waals surface area contributed by atoms with Crippen LogP contribution in [0.3, 0.4) is 0 Å². The highest BCUT2D eigenvalue weighted by atomic mass is 79.9. The van der Waals surface area contributed by atoms with Crippen LogP contribution in [-0.4, -0.2) is 27.8 Å². The first-order valence-electron chi connectivity index (χ1n) is 4.77. The molecule has 0 amide bonds. The van der Waals surface area contributed by atoms with E-state index in [2.05, 4.69) is 15.9 Å². The van der Waals surface area contributed by atoms with Gasteiger partial charge in [0.2, 0.25) is 0 Å². The molecule has 0 saturated carbocycles. The van der Waals surface area contributed by atoms with Gasteiger partial charge in [0.1, 0.15) is 10.6 Å². The van der Waals surface area contributed by atoms with Gasteiger partial charge in [0.25, 0.3) is 0 Å². The number of benzene rings is 1. The third-order valence-electron chi connectivity index (χ3n) is 2.08. The van der Waals surface area contributed by atoms with Crippen molar-refractivity contribution >= 4 is 25.8 Å². The molecule has 6 heteroatoms. The van der Waals surface area contributed by atoms with Gasteiger partial charge in [-0.2, -0.15) is 0 Å². The van der Waals surface area contributed by atoms with Crippen molar-refractivity contribution in [1.82, 2.24) is 0 Å². The monoisotopic (exact) mass is 307 g/mol. The fourth-order valence-corrected chi connectivity index (χ4v) is 3.32. The van der Waals surface area contributed by atoms with Crippen LogP contribution in [0.2, 0.25) is 0 Å². The summed E-state index contributed by atoms with van der Waals surface area (Å²) < 4.78 is 29.7. The van der Waals surface area contributed by atoms with Gasteiger partial charge in [0, 0.05) is 4.47 Å². The van der Waals surface area contributed by atoms with E-state index in [-0.39, 0.29) is 10.6 Å². The molecule has 0 unspecified atom stereocenters. The molecule has 16 heavy (non-hydrogen) atoms. The molecule has 0 saturated heterocycles. The predicted molar refractivity (Wildman–Crippen MR) is 66.4 cm³/mol. The van der Waals surface area contributed by atoms with Crippen LogP contribution in [0.1, 0.15) is 6.42 Å². The minimum absolute atomic E-state index is 0.0380. The lowest BCUT2D eigenvalue weighted by Gasteiger charge is -2.09. The molecule has 0 atom stereocenters. The van der Waals surface area contributed by atoms with Gasteiger partial charge in [-0.1, -0.05) is 15.9 Å². The summed E-state index contributed by atoms with van der Waals surface area (Å²) in [4.78, 5) is 0.206. The molecule has 2 N–H and O–H groups in total. The standard InChI is InChI=1S/C10H14BrNO3S/c1-15-9-4-3-8(11)7-10(9)16(13,14)6-2-5-12/h3-4,7H,2,5-6,12H2,1H3. The molecular weight excluding hydrogens is 294 g/mol. The first-order valence-corrected chi connectivity index (χ1v) is 7.22. The van der Waals surface area contributed by atoms with Crippen molar-refractivity contribution in [1.29, 1.82) is 0 Å². The largest absolute Gasteiger partial charge is 0.495 e. The smallest absolute Gasteiger partial charge is 0.182 e. The van der Waals surface area contributed by atoms with Crippen molar-refractivity contribution in [2.24, 2.45) is 5.73 Å². The maximum absolute atomic E-state index is 12.0. The summed E-state index contributed by atoms with van der Waals surface area (Å²) in [5.41, 5.74) is 5.31. The Balaban J connectivity index is 3.15. The highest BCUT2D eigenvalue weighted by Crippen LogP contribution is 2.28. The van der Waals surface area contributed by atoms with Crippen molar-refractivity contribution in [2.45, 2.75) is 11.3 Å². The van der Waals surface area contributed by atoms with Gasteiger partial charge >= 0.3 is 0 Å². The van der Waals surface area contributed by atoms with E-state index in [0.717, 1.165) is 0 Å². The van der Waals surface area contributed by atoms with Gasteiger partial charge in [0.15, 0.2) is 9.84 Å². The molecule has 0 aliphatic rings. The van der Waals surface area contributed by atoms with Gasteiger partial charge in [-0.05, 0) is 31.2 Å². The lowest BCUT2D eigenvalue weighted by Crippen LogP contribution is -2.12. The first kappa shape index (κ1) is 13.5. The fourth-order valence-electron chi connectivity index (χ4n) is 1.28. The highest BCUT2D eigenvalue weighted by Gasteiger charge is 2.19. The molecule has 1 rings (SSSR count). The van der Waals surface area contributed by atoms with E-state index in [9.17, 15) is 8.42 Å². The minimum Gasteiger partial charge on any atom is -0.495 e. The zero-order valence-electron chi connectivity index (χ0n) is 8.94. The van der Waals surface area contributed by atoms with Crippen LogP contribution in [0.25, 0.3) is 0 Å². The van der Waals surface area contributed by atoms with E-state index in [1.807, 2.05) is 0 Å². The number of ether oxygens (including phenoxy) is 1. The van der Waals surface area contributed by atoms with Gasteiger partial charge in [-0.25, -0.2) is 8.42 Å². The molecule has 1 aromatic rings. The number of hydrogen-bond acceptors (Lipinski definition) is 4. The topological polar surface area (TPSA) is 69.4 Å². The zero-order chi connectivity index (χ0) is 12.2. The van der Waals surface area contributed by atoms with E-state index in [0.29, 0.717) is 23.2 Å². The van der Waals surface area contributed by atoms with Gasteiger partial charge < -0.3 is 10.5 Å². The Morgan fingerprint density at radius 3 is 2.69 bits per heavy atom. The van der Waals surface area contributed by atoms with E-state index >= 15 is 0 Å². The number of halogens is 1. The molecule has 0 fully saturated rings. The van der Waals surface area contributed by atoms with Crippen molar-refractivity contribution < 1.29 is 13.2 Å². The molecule has 0 bridgehead atoms. The lowest BCUT2D eigenvalue weighted by molar-refractivity contribution is 0.402. The van der Waals surface area contributed by atoms with Crippen LogP contribution < -0.4 is 10.5 Å². The Hall–Kier alpha value is -0.590. The normalized spacial score (nSPS) is 11.4. The van der Waals surface area contributed by atoms with Crippen LogP contribution in [0.4, 0.5) is 0 Å². The zero-order valence-corrected chi connectivity index (χ0v) is 11.3. The number of hydrogen-bond donors (Lipinski definition) is 1. The summed E-state index contributed by atoms with van der Waals surface area (Å²) in [6, 6.07) is 4.91. The Kier molecular flexibility index (Phi) is 4.76. The van der Waals surface area contributed by atoms with Crippen molar-refractivity contribution in [3.63, 3.8) is 0 Å². The molecule has 0 aromatic heterocycles. The predicted octanol–water partition coefficient (Wildman–Crippen LogP) is 1.58. The third-order valence-corrected chi connectivity index (χ3v) is 4.39. The van der Waals surface area contributed by atoms with Crippen LogP contribution in [0.15, 0.2) is 27.6 Å². The Morgan fingerprint density at radius 2 is 2.12 bits per heavy atom. The molecule has 4 nitrogen and oxygen atoms in total. The molecule has 1 aromatic carbocycles. The maximum atomic E-state index is 12.0. The van der Waals surface area contributed by atoms with E-state index in [1.54, 1.807) is 18.2 Å². The minimum atomic E-state index is -3.32. The lowest BCUT2D eigenvalue weighted by atomic mass is 10.3. The van der Waals surface area contributed by atoms with Crippen molar-refractivity contribution in [2.75, 3.05) is 19.4 Å². The number of sulfone groups is 1. The molecule has 0 aliphatic carbocycles. The summed E-state index contributed by atoms with van der Waals surface area (Å²) in [5, 5.41) is 0. The quantitative estimate of drug-likeness (QED) is 0.896. The van der Waals surface area contributed by atoms with Crippen molar-refractivity contribution in [3.05, 3.63) is 22.7 Å². The van der Waals surface area contributed by atoms with Crippen LogP contribution in [0.5, 0.6) is 5.75 Å². The second-order valence-corrected chi connectivity index (χ2v) is 6.25. The van der Waals surface area contributed by atoms with Gasteiger partial charge in [-0.15, -0.1) is 0 Å². The van der Waals surface area contributed by atoms with Gasteiger partial charge in [0.05, 0.1) is 12.9 Å². The second kappa shape index (κ2) is 5.65. The highest BCUT2D eigenvalue weighted by molar-refractivity contribution is 9.10. The number of nitrogens with two attached hydrogens (primary N) is 1. The summed E-state index contributed by atoms with van der Waals surface area (Å²) in [6.07, 6.45) is 0.442. The number of methoxy groups -OCH3 is 1. The average molecular weight is 308 g/mol. The maximum Gasteiger partial charge on any atom is 0.182 e. The summed E-state index contributed by atoms with van der Waals surface area (Å²) in [5.74, 6) is 0.399. The third kappa shape index (κ3) is 3.20. The summed E-state index contributed by atoms with van der Waals surface area (Å²) in [7, 11) is -1.87. The van der Waals surface area contributed by atoms with Crippen LogP contribution >= 0.6 is 15.9 Å². The Bertz CT molecular complexity index is 459. The molecule has 0 radical (unpaired) electrons. The second-order valence-electron chi connectivity index (χ2n) is 3.26. The summed E-state index contributed by atoms with van der Waals surface area (Å²) >= 11 is 3.24. The number of rotatable bonds is 5. The van der Waals surface area contributed by atoms with Crippen molar-refractivity contribution in [3.8, 4) is 5.75 Å².